The number of nitrogens with zero attached hydrogens (tertiary/aromatic N) is 5. The van der Waals surface area contributed by atoms with Crippen molar-refractivity contribution in [2.24, 2.45) is 7.05 Å². The van der Waals surface area contributed by atoms with Gasteiger partial charge in [-0.2, -0.15) is 10.2 Å². The predicted molar refractivity (Wildman–Crippen MR) is 95.2 cm³/mol. The van der Waals surface area contributed by atoms with E-state index in [1.54, 1.807) is 21.5 Å². The number of hydrogen-bond donors (Lipinski definition) is 0. The Kier molecular flexibility index (Phi) is 3.85. The summed E-state index contributed by atoms with van der Waals surface area (Å²) in [6.45, 7) is 0. The predicted octanol–water partition coefficient (Wildman–Crippen LogP) is 2.37. The van der Waals surface area contributed by atoms with Crippen LogP contribution in [0.1, 0.15) is 42.7 Å². The van der Waals surface area contributed by atoms with Crippen LogP contribution in [0.5, 0.6) is 5.88 Å². The van der Waals surface area contributed by atoms with Crippen molar-refractivity contribution in [3.05, 3.63) is 64.0 Å². The zero-order chi connectivity index (χ0) is 19.4. The molecule has 2 aliphatic rings. The number of aryl methyl sites for hydroxylation is 2. The molecule has 0 N–H and O–H groups in total. The normalized spacial score (nSPS) is 23.5. The lowest BCUT2D eigenvalue weighted by atomic mass is 9.89. The zero-order valence-corrected chi connectivity index (χ0v) is 15.3. The Labute approximate surface area is 159 Å². The molecular weight excluding hydrogens is 368 g/mol. The van der Waals surface area contributed by atoms with Crippen molar-refractivity contribution in [3.63, 3.8) is 0 Å². The Morgan fingerprint density at radius 2 is 1.93 bits per heavy atom. The fourth-order valence-corrected chi connectivity index (χ4v) is 4.12. The number of rotatable bonds is 4. The zero-order valence-electron chi connectivity index (χ0n) is 15.3. The van der Waals surface area contributed by atoms with Crippen molar-refractivity contribution in [2.45, 2.75) is 43.9 Å². The molecule has 0 spiro atoms. The second-order valence-electron chi connectivity index (χ2n) is 7.43. The highest BCUT2D eigenvalue weighted by atomic mass is 19.1. The van der Waals surface area contributed by atoms with Crippen LogP contribution < -0.4 is 10.4 Å². The third kappa shape index (κ3) is 2.73. The van der Waals surface area contributed by atoms with E-state index in [-0.39, 0.29) is 23.9 Å². The first-order chi connectivity index (χ1) is 13.5. The van der Waals surface area contributed by atoms with Crippen LogP contribution in [0, 0.1) is 11.6 Å². The summed E-state index contributed by atoms with van der Waals surface area (Å²) in [7, 11) is 1.81. The van der Waals surface area contributed by atoms with E-state index < -0.39 is 11.6 Å². The molecule has 0 bridgehead atoms. The fourth-order valence-electron chi connectivity index (χ4n) is 4.12. The van der Waals surface area contributed by atoms with E-state index in [4.69, 9.17) is 4.74 Å². The topological polar surface area (TPSA) is 66.9 Å². The highest BCUT2D eigenvalue weighted by molar-refractivity contribution is 5.25. The maximum atomic E-state index is 13.6. The summed E-state index contributed by atoms with van der Waals surface area (Å²) in [5.74, 6) is 0.0723. The maximum Gasteiger partial charge on any atom is 0.346 e. The first-order valence-electron chi connectivity index (χ1n) is 9.30. The Bertz CT molecular complexity index is 1080. The van der Waals surface area contributed by atoms with Gasteiger partial charge in [0.15, 0.2) is 0 Å². The van der Waals surface area contributed by atoms with Crippen LogP contribution in [0.25, 0.3) is 0 Å². The van der Waals surface area contributed by atoms with Crippen LogP contribution in [0.2, 0.25) is 0 Å². The van der Waals surface area contributed by atoms with Gasteiger partial charge in [-0.1, -0.05) is 0 Å². The minimum atomic E-state index is -0.641. The molecule has 1 aliphatic heterocycles. The smallest absolute Gasteiger partial charge is 0.346 e. The van der Waals surface area contributed by atoms with Crippen LogP contribution in [0.3, 0.4) is 0 Å². The van der Waals surface area contributed by atoms with Crippen molar-refractivity contribution in [2.75, 3.05) is 0 Å². The van der Waals surface area contributed by atoms with E-state index in [0.717, 1.165) is 6.07 Å². The average Bonchev–Trinajstić information content (AvgIpc) is 3.27. The average molecular weight is 387 g/mol. The van der Waals surface area contributed by atoms with E-state index in [9.17, 15) is 13.6 Å². The lowest BCUT2D eigenvalue weighted by Crippen LogP contribution is -2.41. The van der Waals surface area contributed by atoms with Gasteiger partial charge in [-0.15, -0.1) is 0 Å². The van der Waals surface area contributed by atoms with E-state index >= 15 is 0 Å². The quantitative estimate of drug-likeness (QED) is 0.689. The lowest BCUT2D eigenvalue weighted by molar-refractivity contribution is 0.0549. The van der Waals surface area contributed by atoms with Gasteiger partial charge in [-0.05, 0) is 24.1 Å². The van der Waals surface area contributed by atoms with E-state index in [1.807, 2.05) is 7.05 Å². The molecule has 1 atom stereocenters. The van der Waals surface area contributed by atoms with Crippen LogP contribution in [0.4, 0.5) is 8.78 Å². The van der Waals surface area contributed by atoms with E-state index in [2.05, 4.69) is 10.2 Å². The standard InChI is InChI=1S/C19H19F2N5O2/c1-24-18(4-5-22-24)28-15-9-14(10-15)26-19(27)25-16(2-3-17(25)23-26)11-6-12(20)8-13(21)7-11/h4-8,14-16H,2-3,9-10H2,1H3/t14-,15-,16-/m0/s1. The van der Waals surface area contributed by atoms with Gasteiger partial charge in [0.1, 0.15) is 23.6 Å². The molecule has 1 aliphatic carbocycles. The molecule has 0 unspecified atom stereocenters. The summed E-state index contributed by atoms with van der Waals surface area (Å²) in [4.78, 5) is 12.9. The van der Waals surface area contributed by atoms with Crippen LogP contribution in [-0.4, -0.2) is 30.2 Å². The minimum absolute atomic E-state index is 0.0111. The fraction of sp³-hybridized carbons (Fsp3) is 0.421. The maximum absolute atomic E-state index is 13.6. The molecule has 9 heteroatoms. The van der Waals surface area contributed by atoms with Gasteiger partial charge < -0.3 is 4.74 Å². The molecule has 1 aromatic carbocycles. The number of hydrogen-bond acceptors (Lipinski definition) is 4. The summed E-state index contributed by atoms with van der Waals surface area (Å²) < 4.78 is 37.8. The Morgan fingerprint density at radius 1 is 1.18 bits per heavy atom. The largest absolute Gasteiger partial charge is 0.474 e. The Hall–Kier alpha value is -2.97. The summed E-state index contributed by atoms with van der Waals surface area (Å²) >= 11 is 0. The molecule has 1 saturated carbocycles. The van der Waals surface area contributed by atoms with Crippen molar-refractivity contribution >= 4 is 0 Å². The number of benzene rings is 1. The van der Waals surface area contributed by atoms with Gasteiger partial charge in [-0.3, -0.25) is 4.57 Å². The molecule has 146 valence electrons. The van der Waals surface area contributed by atoms with Gasteiger partial charge in [0.2, 0.25) is 5.88 Å². The molecule has 3 heterocycles. The molecule has 1 fully saturated rings. The summed E-state index contributed by atoms with van der Waals surface area (Å²) in [6.07, 6.45) is 4.26. The lowest BCUT2D eigenvalue weighted by Gasteiger charge is -2.34. The minimum Gasteiger partial charge on any atom is -0.474 e. The Morgan fingerprint density at radius 3 is 2.61 bits per heavy atom. The van der Waals surface area contributed by atoms with Crippen molar-refractivity contribution in [3.8, 4) is 5.88 Å². The van der Waals surface area contributed by atoms with Gasteiger partial charge in [0.25, 0.3) is 0 Å². The van der Waals surface area contributed by atoms with E-state index in [0.29, 0.717) is 43.0 Å². The summed E-state index contributed by atoms with van der Waals surface area (Å²) in [5, 5.41) is 8.56. The van der Waals surface area contributed by atoms with Gasteiger partial charge in [-0.25, -0.2) is 22.9 Å². The van der Waals surface area contributed by atoms with Crippen molar-refractivity contribution in [1.82, 2.24) is 24.1 Å². The number of fused-ring (bicyclic) bond motifs is 1. The highest BCUT2D eigenvalue weighted by Gasteiger charge is 2.38. The summed E-state index contributed by atoms with van der Waals surface area (Å²) in [6, 6.07) is 4.79. The second-order valence-corrected chi connectivity index (χ2v) is 7.43. The SMILES string of the molecule is Cn1nccc1O[C@H]1C[C@H](n2nc3n(c2=O)[C@H](c2cc(F)cc(F)c2)CC3)C1. The molecule has 5 rings (SSSR count). The van der Waals surface area contributed by atoms with E-state index in [1.165, 1.54) is 16.8 Å². The number of ether oxygens (including phenoxy) is 1. The third-order valence-corrected chi connectivity index (χ3v) is 5.61. The second kappa shape index (κ2) is 6.29. The molecule has 2 aromatic heterocycles. The summed E-state index contributed by atoms with van der Waals surface area (Å²) in [5.41, 5.74) is 0.232. The molecule has 0 radical (unpaired) electrons. The van der Waals surface area contributed by atoms with Crippen molar-refractivity contribution < 1.29 is 13.5 Å². The molecule has 3 aromatic rings. The monoisotopic (exact) mass is 387 g/mol. The van der Waals surface area contributed by atoms with Gasteiger partial charge >= 0.3 is 5.69 Å². The Balaban J connectivity index is 1.36. The first-order valence-corrected chi connectivity index (χ1v) is 9.30. The van der Waals surface area contributed by atoms with Gasteiger partial charge in [0.05, 0.1) is 18.3 Å². The van der Waals surface area contributed by atoms with Crippen LogP contribution in [0.15, 0.2) is 35.3 Å². The molecule has 0 saturated heterocycles. The van der Waals surface area contributed by atoms with Gasteiger partial charge in [0, 0.05) is 38.4 Å². The van der Waals surface area contributed by atoms with Crippen LogP contribution >= 0.6 is 0 Å². The first kappa shape index (κ1) is 17.2. The van der Waals surface area contributed by atoms with Crippen molar-refractivity contribution in [1.29, 1.82) is 0 Å². The molecule has 28 heavy (non-hydrogen) atoms. The molecule has 0 amide bonds. The number of halogens is 2. The third-order valence-electron chi connectivity index (χ3n) is 5.61. The highest BCUT2D eigenvalue weighted by Crippen LogP contribution is 2.36. The molecule has 7 nitrogen and oxygen atoms in total. The number of aromatic nitrogens is 5. The molecular formula is C19H19F2N5O2. The van der Waals surface area contributed by atoms with Crippen LogP contribution in [-0.2, 0) is 13.5 Å².